The monoisotopic (exact) mass is 178 g/mol. The molecule has 0 saturated carbocycles. The Morgan fingerprint density at radius 1 is 1.38 bits per heavy atom. The number of benzene rings is 1. The van der Waals surface area contributed by atoms with Crippen LogP contribution in [0.2, 0.25) is 0 Å². The van der Waals surface area contributed by atoms with E-state index >= 15 is 0 Å². The van der Waals surface area contributed by atoms with Gasteiger partial charge in [0.2, 0.25) is 6.29 Å². The summed E-state index contributed by atoms with van der Waals surface area (Å²) in [5.41, 5.74) is 2.02. The highest BCUT2D eigenvalue weighted by atomic mass is 16.5. The molecule has 0 N–H and O–H groups in total. The molecule has 0 radical (unpaired) electrons. The number of ether oxygens (including phenoxy) is 1. The van der Waals surface area contributed by atoms with Crippen LogP contribution in [0.4, 0.5) is 0 Å². The summed E-state index contributed by atoms with van der Waals surface area (Å²) in [5.74, 6) is -0.833. The van der Waals surface area contributed by atoms with Crippen molar-refractivity contribution < 1.29 is 14.3 Å². The first-order valence-electron chi connectivity index (χ1n) is 3.90. The predicted octanol–water partition coefficient (Wildman–Crippen LogP) is 1.24. The highest BCUT2D eigenvalue weighted by Gasteiger charge is 1.99. The van der Waals surface area contributed by atoms with Crippen molar-refractivity contribution in [1.29, 1.82) is 0 Å². The molecule has 0 bridgehead atoms. The van der Waals surface area contributed by atoms with Gasteiger partial charge in [0, 0.05) is 0 Å². The average molecular weight is 178 g/mol. The maximum absolute atomic E-state index is 10.5. The van der Waals surface area contributed by atoms with E-state index in [0.717, 1.165) is 11.1 Å². The van der Waals surface area contributed by atoms with E-state index in [0.29, 0.717) is 0 Å². The Bertz CT molecular complexity index is 300. The van der Waals surface area contributed by atoms with E-state index in [9.17, 15) is 9.59 Å². The van der Waals surface area contributed by atoms with Crippen LogP contribution in [0.5, 0.6) is 0 Å². The van der Waals surface area contributed by atoms with E-state index in [2.05, 4.69) is 4.74 Å². The SMILES string of the molecule is Cc1ccc(COC(=O)C=O)cc1. The molecule has 13 heavy (non-hydrogen) atoms. The molecule has 0 saturated heterocycles. The Balaban J connectivity index is 2.50. The number of esters is 1. The molecule has 1 rings (SSSR count). The quantitative estimate of drug-likeness (QED) is 0.397. The first kappa shape index (κ1) is 9.45. The lowest BCUT2D eigenvalue weighted by molar-refractivity contribution is -0.149. The van der Waals surface area contributed by atoms with Gasteiger partial charge in [-0.25, -0.2) is 4.79 Å². The van der Waals surface area contributed by atoms with Gasteiger partial charge in [0.1, 0.15) is 6.61 Å². The molecule has 3 heteroatoms. The fraction of sp³-hybridized carbons (Fsp3) is 0.200. The topological polar surface area (TPSA) is 43.4 Å². The van der Waals surface area contributed by atoms with Crippen LogP contribution in [0.25, 0.3) is 0 Å². The van der Waals surface area contributed by atoms with Crippen LogP contribution in [0.3, 0.4) is 0 Å². The normalized spacial score (nSPS) is 9.31. The van der Waals surface area contributed by atoms with Gasteiger partial charge >= 0.3 is 5.97 Å². The molecule has 0 aliphatic carbocycles. The summed E-state index contributed by atoms with van der Waals surface area (Å²) >= 11 is 0. The van der Waals surface area contributed by atoms with Crippen LogP contribution in [-0.2, 0) is 20.9 Å². The summed E-state index contributed by atoms with van der Waals surface area (Å²) in [6.07, 6.45) is 0.161. The molecule has 0 aromatic heterocycles. The van der Waals surface area contributed by atoms with E-state index in [1.54, 1.807) is 0 Å². The predicted molar refractivity (Wildman–Crippen MR) is 47.0 cm³/mol. The second kappa shape index (κ2) is 4.40. The number of rotatable bonds is 3. The van der Waals surface area contributed by atoms with Gasteiger partial charge in [-0.05, 0) is 12.5 Å². The number of carbonyl (C=O) groups excluding carboxylic acids is 2. The fourth-order valence-corrected chi connectivity index (χ4v) is 0.873. The number of carbonyl (C=O) groups is 2. The van der Waals surface area contributed by atoms with Gasteiger partial charge in [-0.3, -0.25) is 4.79 Å². The van der Waals surface area contributed by atoms with E-state index in [-0.39, 0.29) is 12.9 Å². The van der Waals surface area contributed by atoms with Gasteiger partial charge < -0.3 is 4.74 Å². The van der Waals surface area contributed by atoms with E-state index in [4.69, 9.17) is 0 Å². The van der Waals surface area contributed by atoms with Gasteiger partial charge in [0.15, 0.2) is 0 Å². The molecular weight excluding hydrogens is 168 g/mol. The summed E-state index contributed by atoms with van der Waals surface area (Å²) in [5, 5.41) is 0. The van der Waals surface area contributed by atoms with Crippen LogP contribution in [-0.4, -0.2) is 12.3 Å². The van der Waals surface area contributed by atoms with E-state index < -0.39 is 5.97 Å². The lowest BCUT2D eigenvalue weighted by Gasteiger charge is -2.00. The lowest BCUT2D eigenvalue weighted by Crippen LogP contribution is -2.04. The molecule has 0 aliphatic rings. The Labute approximate surface area is 76.3 Å². The maximum Gasteiger partial charge on any atom is 0.371 e. The highest BCUT2D eigenvalue weighted by Crippen LogP contribution is 2.04. The van der Waals surface area contributed by atoms with Crippen LogP contribution in [0, 0.1) is 6.92 Å². The number of aldehydes is 1. The summed E-state index contributed by atoms with van der Waals surface area (Å²) in [6, 6.07) is 7.55. The smallest absolute Gasteiger partial charge is 0.371 e. The maximum atomic E-state index is 10.5. The van der Waals surface area contributed by atoms with Crippen molar-refractivity contribution in [2.24, 2.45) is 0 Å². The summed E-state index contributed by atoms with van der Waals surface area (Å²) < 4.78 is 4.61. The van der Waals surface area contributed by atoms with Gasteiger partial charge in [-0.2, -0.15) is 0 Å². The first-order valence-corrected chi connectivity index (χ1v) is 3.90. The molecule has 0 unspecified atom stereocenters. The van der Waals surface area contributed by atoms with Crippen LogP contribution >= 0.6 is 0 Å². The van der Waals surface area contributed by atoms with Gasteiger partial charge in [-0.1, -0.05) is 29.8 Å². The Kier molecular flexibility index (Phi) is 3.20. The van der Waals surface area contributed by atoms with Crippen LogP contribution in [0.1, 0.15) is 11.1 Å². The third-order valence-electron chi connectivity index (χ3n) is 1.60. The number of hydrogen-bond donors (Lipinski definition) is 0. The lowest BCUT2D eigenvalue weighted by atomic mass is 10.2. The minimum Gasteiger partial charge on any atom is -0.455 e. The molecule has 0 aliphatic heterocycles. The largest absolute Gasteiger partial charge is 0.455 e. The van der Waals surface area contributed by atoms with Crippen LogP contribution in [0.15, 0.2) is 24.3 Å². The molecule has 3 nitrogen and oxygen atoms in total. The Morgan fingerprint density at radius 2 is 2.00 bits per heavy atom. The number of hydrogen-bond acceptors (Lipinski definition) is 3. The Hall–Kier alpha value is -1.64. The molecular formula is C10H10O3. The first-order chi connectivity index (χ1) is 6.22. The van der Waals surface area contributed by atoms with Crippen molar-refractivity contribution in [3.05, 3.63) is 35.4 Å². The van der Waals surface area contributed by atoms with Crippen molar-refractivity contribution >= 4 is 12.3 Å². The standard InChI is InChI=1S/C10H10O3/c1-8-2-4-9(5-3-8)7-13-10(12)6-11/h2-6H,7H2,1H3. The molecule has 0 amide bonds. The van der Waals surface area contributed by atoms with E-state index in [1.165, 1.54) is 0 Å². The molecule has 0 heterocycles. The van der Waals surface area contributed by atoms with E-state index in [1.807, 2.05) is 31.2 Å². The molecule has 68 valence electrons. The average Bonchev–Trinajstić information content (AvgIpc) is 2.16. The second-order valence-electron chi connectivity index (χ2n) is 2.71. The summed E-state index contributed by atoms with van der Waals surface area (Å²) in [4.78, 5) is 20.4. The van der Waals surface area contributed by atoms with Crippen molar-refractivity contribution in [3.63, 3.8) is 0 Å². The zero-order valence-electron chi connectivity index (χ0n) is 7.32. The third-order valence-corrected chi connectivity index (χ3v) is 1.60. The zero-order chi connectivity index (χ0) is 9.68. The van der Waals surface area contributed by atoms with Gasteiger partial charge in [-0.15, -0.1) is 0 Å². The van der Waals surface area contributed by atoms with Gasteiger partial charge in [0.05, 0.1) is 0 Å². The van der Waals surface area contributed by atoms with Crippen molar-refractivity contribution in [1.82, 2.24) is 0 Å². The number of aryl methyl sites for hydroxylation is 1. The minimum absolute atomic E-state index is 0.151. The van der Waals surface area contributed by atoms with Crippen molar-refractivity contribution in [2.75, 3.05) is 0 Å². The highest BCUT2D eigenvalue weighted by molar-refractivity contribution is 6.20. The van der Waals surface area contributed by atoms with Crippen molar-refractivity contribution in [3.8, 4) is 0 Å². The minimum atomic E-state index is -0.833. The summed E-state index contributed by atoms with van der Waals surface area (Å²) in [6.45, 7) is 2.12. The summed E-state index contributed by atoms with van der Waals surface area (Å²) in [7, 11) is 0. The molecule has 0 spiro atoms. The molecule has 0 fully saturated rings. The van der Waals surface area contributed by atoms with Crippen molar-refractivity contribution in [2.45, 2.75) is 13.5 Å². The van der Waals surface area contributed by atoms with Gasteiger partial charge in [0.25, 0.3) is 0 Å². The molecule has 1 aromatic carbocycles. The zero-order valence-corrected chi connectivity index (χ0v) is 7.32. The van der Waals surface area contributed by atoms with Crippen LogP contribution < -0.4 is 0 Å². The third kappa shape index (κ3) is 3.07. The molecule has 0 atom stereocenters. The molecule has 1 aromatic rings. The second-order valence-corrected chi connectivity index (χ2v) is 2.71. The Morgan fingerprint density at radius 3 is 2.54 bits per heavy atom. The fourth-order valence-electron chi connectivity index (χ4n) is 0.873.